The summed E-state index contributed by atoms with van der Waals surface area (Å²) < 4.78 is 0.877. The molecule has 0 aliphatic carbocycles. The topological polar surface area (TPSA) is 49.4 Å². The van der Waals surface area contributed by atoms with E-state index < -0.39 is 0 Å². The monoisotopic (exact) mass is 400 g/mol. The van der Waals surface area contributed by atoms with Crippen molar-refractivity contribution in [3.63, 3.8) is 0 Å². The van der Waals surface area contributed by atoms with E-state index >= 15 is 0 Å². The van der Waals surface area contributed by atoms with Crippen LogP contribution in [0.1, 0.15) is 30.0 Å². The lowest BCUT2D eigenvalue weighted by molar-refractivity contribution is -0.125. The zero-order valence-electron chi connectivity index (χ0n) is 14.4. The van der Waals surface area contributed by atoms with Crippen molar-refractivity contribution in [2.45, 2.75) is 33.1 Å². The summed E-state index contributed by atoms with van der Waals surface area (Å²) in [6.07, 6.45) is 1.81. The van der Waals surface area contributed by atoms with Gasteiger partial charge in [-0.1, -0.05) is 45.8 Å². The number of aryl methyl sites for hydroxylation is 2. The molecule has 130 valence electrons. The number of hydrogen-bond donors (Lipinski definition) is 1. The summed E-state index contributed by atoms with van der Waals surface area (Å²) in [5.74, 6) is -0.439. The maximum absolute atomic E-state index is 12.8. The lowest BCUT2D eigenvalue weighted by atomic mass is 10.1. The first kappa shape index (κ1) is 17.7. The molecule has 0 saturated heterocycles. The first-order valence-electron chi connectivity index (χ1n) is 8.41. The van der Waals surface area contributed by atoms with E-state index in [-0.39, 0.29) is 11.8 Å². The Bertz CT molecular complexity index is 832. The zero-order chi connectivity index (χ0) is 18.0. The van der Waals surface area contributed by atoms with Gasteiger partial charge in [0, 0.05) is 24.4 Å². The maximum Gasteiger partial charge on any atom is 0.234 e. The van der Waals surface area contributed by atoms with Crippen LogP contribution in [0.3, 0.4) is 0 Å². The number of fused-ring (bicyclic) bond motifs is 1. The molecule has 0 spiro atoms. The van der Waals surface area contributed by atoms with Gasteiger partial charge in [0.1, 0.15) is 0 Å². The van der Waals surface area contributed by atoms with Crippen molar-refractivity contribution in [2.75, 3.05) is 16.8 Å². The number of nitrogens with zero attached hydrogens (tertiary/aromatic N) is 1. The summed E-state index contributed by atoms with van der Waals surface area (Å²) in [4.78, 5) is 26.3. The fraction of sp³-hybridized carbons (Fsp3) is 0.300. The Morgan fingerprint density at radius 1 is 1.24 bits per heavy atom. The third kappa shape index (κ3) is 3.93. The van der Waals surface area contributed by atoms with Crippen molar-refractivity contribution in [3.8, 4) is 0 Å². The van der Waals surface area contributed by atoms with Crippen molar-refractivity contribution in [1.29, 1.82) is 0 Å². The van der Waals surface area contributed by atoms with E-state index in [9.17, 15) is 9.59 Å². The molecule has 1 aliphatic rings. The van der Waals surface area contributed by atoms with Crippen LogP contribution in [0.2, 0.25) is 0 Å². The zero-order valence-corrected chi connectivity index (χ0v) is 16.0. The number of carbonyl (C=O) groups excluding carboxylic acids is 2. The summed E-state index contributed by atoms with van der Waals surface area (Å²) in [6.45, 7) is 4.29. The average Bonchev–Trinajstić information content (AvgIpc) is 3.01. The quantitative estimate of drug-likeness (QED) is 0.834. The molecule has 0 bridgehead atoms. The number of halogens is 1. The largest absolute Gasteiger partial charge is 0.383 e. The second-order valence-corrected chi connectivity index (χ2v) is 7.29. The van der Waals surface area contributed by atoms with Crippen molar-refractivity contribution < 1.29 is 9.59 Å². The molecule has 25 heavy (non-hydrogen) atoms. The Labute approximate surface area is 156 Å². The van der Waals surface area contributed by atoms with Crippen molar-refractivity contribution >= 4 is 39.1 Å². The van der Waals surface area contributed by atoms with Gasteiger partial charge in [0.05, 0.1) is 11.4 Å². The number of carbonyl (C=O) groups is 2. The van der Waals surface area contributed by atoms with Crippen LogP contribution in [-0.2, 0) is 22.4 Å². The van der Waals surface area contributed by atoms with Crippen LogP contribution in [-0.4, -0.2) is 18.4 Å². The predicted molar refractivity (Wildman–Crippen MR) is 104 cm³/mol. The smallest absolute Gasteiger partial charge is 0.234 e. The SMILES string of the molecule is CC(=O)N(C(=O)CCc1cccc(C)c1)c1cc(Br)cc2c1NCC2. The highest BCUT2D eigenvalue weighted by atomic mass is 79.9. The molecule has 0 radical (unpaired) electrons. The van der Waals surface area contributed by atoms with Gasteiger partial charge in [-0.15, -0.1) is 0 Å². The molecule has 0 atom stereocenters. The van der Waals surface area contributed by atoms with Gasteiger partial charge in [-0.3, -0.25) is 9.59 Å². The number of nitrogens with one attached hydrogen (secondary N) is 1. The van der Waals surface area contributed by atoms with Crippen LogP contribution in [0.5, 0.6) is 0 Å². The molecule has 2 amide bonds. The van der Waals surface area contributed by atoms with Gasteiger partial charge in [-0.2, -0.15) is 0 Å². The summed E-state index contributed by atoms with van der Waals surface area (Å²) in [5.41, 5.74) is 4.94. The molecule has 1 N–H and O–H groups in total. The molecular weight excluding hydrogens is 380 g/mol. The summed E-state index contributed by atoms with van der Waals surface area (Å²) in [6, 6.07) is 12.0. The van der Waals surface area contributed by atoms with Crippen molar-refractivity contribution in [2.24, 2.45) is 0 Å². The molecule has 2 aromatic rings. The van der Waals surface area contributed by atoms with Crippen molar-refractivity contribution in [3.05, 3.63) is 57.6 Å². The Morgan fingerprint density at radius 3 is 2.76 bits per heavy atom. The normalized spacial score (nSPS) is 12.4. The molecule has 0 fully saturated rings. The van der Waals surface area contributed by atoms with Gasteiger partial charge in [-0.05, 0) is 43.0 Å². The first-order chi connectivity index (χ1) is 12.0. The number of imide groups is 1. The van der Waals surface area contributed by atoms with Gasteiger partial charge in [0.15, 0.2) is 0 Å². The lowest BCUT2D eigenvalue weighted by Crippen LogP contribution is -2.35. The summed E-state index contributed by atoms with van der Waals surface area (Å²) in [5, 5.41) is 3.30. The average molecular weight is 401 g/mol. The predicted octanol–water partition coefficient (Wildman–Crippen LogP) is 4.24. The van der Waals surface area contributed by atoms with E-state index in [0.717, 1.165) is 34.3 Å². The van der Waals surface area contributed by atoms with Crippen molar-refractivity contribution in [1.82, 2.24) is 0 Å². The van der Waals surface area contributed by atoms with E-state index in [0.29, 0.717) is 18.5 Å². The van der Waals surface area contributed by atoms with Crippen LogP contribution in [0.15, 0.2) is 40.9 Å². The molecule has 0 aromatic heterocycles. The second-order valence-electron chi connectivity index (χ2n) is 6.37. The van der Waals surface area contributed by atoms with Crippen LogP contribution < -0.4 is 10.2 Å². The van der Waals surface area contributed by atoms with Gasteiger partial charge in [-0.25, -0.2) is 4.90 Å². The molecule has 2 aromatic carbocycles. The number of amides is 2. The molecule has 3 rings (SSSR count). The van der Waals surface area contributed by atoms with E-state index in [1.54, 1.807) is 0 Å². The number of benzene rings is 2. The van der Waals surface area contributed by atoms with Crippen LogP contribution in [0.4, 0.5) is 11.4 Å². The first-order valence-corrected chi connectivity index (χ1v) is 9.20. The number of rotatable bonds is 4. The Morgan fingerprint density at radius 2 is 2.04 bits per heavy atom. The summed E-state index contributed by atoms with van der Waals surface area (Å²) in [7, 11) is 0. The maximum atomic E-state index is 12.8. The fourth-order valence-corrected chi connectivity index (χ4v) is 3.75. The lowest BCUT2D eigenvalue weighted by Gasteiger charge is -2.22. The van der Waals surface area contributed by atoms with Gasteiger partial charge >= 0.3 is 0 Å². The van der Waals surface area contributed by atoms with E-state index in [1.807, 2.05) is 37.3 Å². The highest BCUT2D eigenvalue weighted by Gasteiger charge is 2.26. The van der Waals surface area contributed by atoms with E-state index in [2.05, 4.69) is 27.3 Å². The van der Waals surface area contributed by atoms with E-state index in [4.69, 9.17) is 0 Å². The highest BCUT2D eigenvalue weighted by Crippen LogP contribution is 2.37. The molecule has 1 aliphatic heterocycles. The van der Waals surface area contributed by atoms with Crippen LogP contribution in [0, 0.1) is 6.92 Å². The number of anilines is 2. The molecule has 1 heterocycles. The Kier molecular flexibility index (Phi) is 5.23. The fourth-order valence-electron chi connectivity index (χ4n) is 3.26. The Hall–Kier alpha value is -2.14. The molecule has 0 saturated carbocycles. The minimum Gasteiger partial charge on any atom is -0.383 e. The van der Waals surface area contributed by atoms with Crippen LogP contribution >= 0.6 is 15.9 Å². The summed E-state index contributed by atoms with van der Waals surface area (Å²) >= 11 is 3.49. The third-order valence-electron chi connectivity index (χ3n) is 4.38. The van der Waals surface area contributed by atoms with Crippen LogP contribution in [0.25, 0.3) is 0 Å². The van der Waals surface area contributed by atoms with E-state index in [1.165, 1.54) is 17.4 Å². The third-order valence-corrected chi connectivity index (χ3v) is 4.83. The molecule has 5 heteroatoms. The van der Waals surface area contributed by atoms with Gasteiger partial charge in [0.2, 0.25) is 11.8 Å². The molecule has 0 unspecified atom stereocenters. The van der Waals surface area contributed by atoms with Gasteiger partial charge < -0.3 is 5.32 Å². The Balaban J connectivity index is 1.84. The minimum atomic E-state index is -0.261. The van der Waals surface area contributed by atoms with Gasteiger partial charge in [0.25, 0.3) is 0 Å². The molecule has 4 nitrogen and oxygen atoms in total. The highest BCUT2D eigenvalue weighted by molar-refractivity contribution is 9.10. The molecular formula is C20H21BrN2O2. The number of hydrogen-bond acceptors (Lipinski definition) is 3. The standard InChI is InChI=1S/C20H21BrN2O2/c1-13-4-3-5-15(10-13)6-7-19(25)23(14(2)24)18-12-17(21)11-16-8-9-22-20(16)18/h3-5,10-12,22H,6-9H2,1-2H3. The second kappa shape index (κ2) is 7.40. The minimum absolute atomic E-state index is 0.178.